The highest BCUT2D eigenvalue weighted by molar-refractivity contribution is 5.84. The molecule has 0 bridgehead atoms. The van der Waals surface area contributed by atoms with Gasteiger partial charge in [0.2, 0.25) is 5.95 Å². The van der Waals surface area contributed by atoms with Gasteiger partial charge in [-0.2, -0.15) is 9.97 Å². The normalized spacial score (nSPS) is 15.6. The zero-order valence-electron chi connectivity index (χ0n) is 19.9. The van der Waals surface area contributed by atoms with Gasteiger partial charge in [0.1, 0.15) is 0 Å². The second-order valence-electron chi connectivity index (χ2n) is 9.00. The highest BCUT2D eigenvalue weighted by Gasteiger charge is 2.29. The first kappa shape index (κ1) is 23.1. The maximum Gasteiger partial charge on any atom is 0.226 e. The third kappa shape index (κ3) is 5.13. The molecular weight excluding hydrogens is 420 g/mol. The van der Waals surface area contributed by atoms with Gasteiger partial charge in [-0.25, -0.2) is 4.98 Å². The van der Waals surface area contributed by atoms with Gasteiger partial charge in [-0.1, -0.05) is 25.3 Å². The minimum absolute atomic E-state index is 0.207. The van der Waals surface area contributed by atoms with E-state index in [9.17, 15) is 5.11 Å². The summed E-state index contributed by atoms with van der Waals surface area (Å²) in [7, 11) is 3.25. The van der Waals surface area contributed by atoms with Crippen LogP contribution < -0.4 is 20.1 Å². The molecule has 0 saturated heterocycles. The van der Waals surface area contributed by atoms with E-state index in [4.69, 9.17) is 19.4 Å². The molecule has 3 N–H and O–H groups in total. The van der Waals surface area contributed by atoms with Gasteiger partial charge >= 0.3 is 0 Å². The summed E-state index contributed by atoms with van der Waals surface area (Å²) in [6, 6.07) is 6.02. The van der Waals surface area contributed by atoms with Crippen molar-refractivity contribution in [2.45, 2.75) is 64.1 Å². The molecule has 2 aromatic heterocycles. The average molecular weight is 455 g/mol. The van der Waals surface area contributed by atoms with Crippen molar-refractivity contribution in [3.8, 4) is 11.5 Å². The number of imidazole rings is 1. The van der Waals surface area contributed by atoms with Crippen LogP contribution in [0.25, 0.3) is 11.2 Å². The lowest BCUT2D eigenvalue weighted by Crippen LogP contribution is -2.39. The van der Waals surface area contributed by atoms with Crippen molar-refractivity contribution in [2.75, 3.05) is 31.4 Å². The van der Waals surface area contributed by atoms with Crippen LogP contribution in [0.5, 0.6) is 11.5 Å². The molecule has 0 amide bonds. The Labute approximate surface area is 194 Å². The second-order valence-corrected chi connectivity index (χ2v) is 9.00. The standard InChI is InChI=1S/C24H34N6O3/c1-16(2)30-15-27-20-21(25-13-17-8-9-18(32-3)19(12-17)33-4)28-23(29-22(20)30)26-14-24(31)10-6-5-7-11-24/h8-9,12,15-16,31H,5-7,10-11,13-14H2,1-4H3,(H2,25,26,28,29). The Bertz CT molecular complexity index is 1090. The molecule has 1 saturated carbocycles. The Morgan fingerprint density at radius 2 is 1.82 bits per heavy atom. The molecule has 0 spiro atoms. The molecule has 9 nitrogen and oxygen atoms in total. The van der Waals surface area contributed by atoms with E-state index in [1.165, 1.54) is 6.42 Å². The van der Waals surface area contributed by atoms with Crippen LogP contribution in [0.4, 0.5) is 11.8 Å². The molecule has 0 aliphatic heterocycles. The lowest BCUT2D eigenvalue weighted by Gasteiger charge is -2.32. The average Bonchev–Trinajstić information content (AvgIpc) is 3.26. The minimum Gasteiger partial charge on any atom is -0.493 e. The van der Waals surface area contributed by atoms with E-state index in [0.29, 0.717) is 41.9 Å². The molecule has 1 aromatic carbocycles. The van der Waals surface area contributed by atoms with Crippen LogP contribution in [-0.2, 0) is 6.54 Å². The van der Waals surface area contributed by atoms with E-state index in [2.05, 4.69) is 29.5 Å². The fourth-order valence-corrected chi connectivity index (χ4v) is 4.30. The lowest BCUT2D eigenvalue weighted by atomic mass is 9.85. The van der Waals surface area contributed by atoms with Crippen molar-refractivity contribution in [3.63, 3.8) is 0 Å². The van der Waals surface area contributed by atoms with E-state index in [-0.39, 0.29) is 6.04 Å². The van der Waals surface area contributed by atoms with E-state index in [1.54, 1.807) is 20.5 Å². The first-order valence-corrected chi connectivity index (χ1v) is 11.6. The number of aromatic nitrogens is 4. The Kier molecular flexibility index (Phi) is 6.88. The number of hydrogen-bond donors (Lipinski definition) is 3. The number of ether oxygens (including phenoxy) is 2. The number of aliphatic hydroxyl groups is 1. The predicted octanol–water partition coefficient (Wildman–Crippen LogP) is 4.14. The fourth-order valence-electron chi connectivity index (χ4n) is 4.30. The summed E-state index contributed by atoms with van der Waals surface area (Å²) in [4.78, 5) is 14.0. The highest BCUT2D eigenvalue weighted by Crippen LogP contribution is 2.30. The van der Waals surface area contributed by atoms with E-state index in [0.717, 1.165) is 36.9 Å². The number of benzene rings is 1. The van der Waals surface area contributed by atoms with Crippen LogP contribution in [0.15, 0.2) is 24.5 Å². The van der Waals surface area contributed by atoms with Crippen LogP contribution in [0, 0.1) is 0 Å². The molecule has 1 aliphatic carbocycles. The first-order valence-electron chi connectivity index (χ1n) is 11.6. The number of fused-ring (bicyclic) bond motifs is 1. The van der Waals surface area contributed by atoms with Gasteiger partial charge in [0, 0.05) is 19.1 Å². The zero-order valence-corrected chi connectivity index (χ0v) is 19.9. The van der Waals surface area contributed by atoms with Gasteiger partial charge in [-0.3, -0.25) is 0 Å². The summed E-state index contributed by atoms with van der Waals surface area (Å²) >= 11 is 0. The van der Waals surface area contributed by atoms with Crippen LogP contribution in [0.1, 0.15) is 57.6 Å². The monoisotopic (exact) mass is 454 g/mol. The van der Waals surface area contributed by atoms with Crippen molar-refractivity contribution in [1.82, 2.24) is 19.5 Å². The van der Waals surface area contributed by atoms with Crippen molar-refractivity contribution < 1.29 is 14.6 Å². The SMILES string of the molecule is COc1ccc(CNc2nc(NCC3(O)CCCCC3)nc3c2ncn3C(C)C)cc1OC. The number of rotatable bonds is 9. The minimum atomic E-state index is -0.706. The smallest absolute Gasteiger partial charge is 0.226 e. The van der Waals surface area contributed by atoms with Gasteiger partial charge in [-0.05, 0) is 44.4 Å². The van der Waals surface area contributed by atoms with E-state index < -0.39 is 5.60 Å². The Hall–Kier alpha value is -3.07. The molecular formula is C24H34N6O3. The van der Waals surface area contributed by atoms with Gasteiger partial charge in [0.05, 0.1) is 26.1 Å². The van der Waals surface area contributed by atoms with Gasteiger partial charge in [0.15, 0.2) is 28.5 Å². The predicted molar refractivity (Wildman–Crippen MR) is 129 cm³/mol. The van der Waals surface area contributed by atoms with Crippen LogP contribution in [0.3, 0.4) is 0 Å². The van der Waals surface area contributed by atoms with Crippen LogP contribution in [0.2, 0.25) is 0 Å². The summed E-state index contributed by atoms with van der Waals surface area (Å²) in [5, 5.41) is 17.6. The molecule has 178 valence electrons. The first-order chi connectivity index (χ1) is 15.9. The van der Waals surface area contributed by atoms with E-state index in [1.807, 2.05) is 22.8 Å². The molecule has 1 fully saturated rings. The maximum atomic E-state index is 10.9. The largest absolute Gasteiger partial charge is 0.493 e. The summed E-state index contributed by atoms with van der Waals surface area (Å²) in [5.41, 5.74) is 1.79. The Morgan fingerprint density at radius 1 is 1.06 bits per heavy atom. The fraction of sp³-hybridized carbons (Fsp3) is 0.542. The number of nitrogens with one attached hydrogen (secondary N) is 2. The summed E-state index contributed by atoms with van der Waals surface area (Å²) < 4.78 is 12.8. The van der Waals surface area contributed by atoms with Crippen molar-refractivity contribution in [1.29, 1.82) is 0 Å². The highest BCUT2D eigenvalue weighted by atomic mass is 16.5. The van der Waals surface area contributed by atoms with Crippen LogP contribution in [-0.4, -0.2) is 51.0 Å². The molecule has 0 radical (unpaired) electrons. The van der Waals surface area contributed by atoms with Crippen molar-refractivity contribution in [3.05, 3.63) is 30.1 Å². The molecule has 9 heteroatoms. The summed E-state index contributed by atoms with van der Waals surface area (Å²) in [6.45, 7) is 5.16. The molecule has 2 heterocycles. The quantitative estimate of drug-likeness (QED) is 0.443. The summed E-state index contributed by atoms with van der Waals surface area (Å²) in [5.74, 6) is 2.50. The number of hydrogen-bond acceptors (Lipinski definition) is 8. The third-order valence-electron chi connectivity index (χ3n) is 6.25. The second kappa shape index (κ2) is 9.82. The number of anilines is 2. The topological polar surface area (TPSA) is 106 Å². The third-order valence-corrected chi connectivity index (χ3v) is 6.25. The molecule has 1 aliphatic rings. The van der Waals surface area contributed by atoms with Gasteiger partial charge in [0.25, 0.3) is 0 Å². The Morgan fingerprint density at radius 3 is 2.52 bits per heavy atom. The van der Waals surface area contributed by atoms with Gasteiger partial charge in [-0.15, -0.1) is 0 Å². The van der Waals surface area contributed by atoms with E-state index >= 15 is 0 Å². The summed E-state index contributed by atoms with van der Waals surface area (Å²) in [6.07, 6.45) is 6.69. The lowest BCUT2D eigenvalue weighted by molar-refractivity contribution is 0.0166. The molecule has 0 atom stereocenters. The van der Waals surface area contributed by atoms with Crippen molar-refractivity contribution in [2.24, 2.45) is 0 Å². The van der Waals surface area contributed by atoms with Crippen LogP contribution >= 0.6 is 0 Å². The van der Waals surface area contributed by atoms with Gasteiger partial charge < -0.3 is 29.8 Å². The zero-order chi connectivity index (χ0) is 23.4. The molecule has 33 heavy (non-hydrogen) atoms. The maximum absolute atomic E-state index is 10.9. The number of methoxy groups -OCH3 is 2. The van der Waals surface area contributed by atoms with Crippen molar-refractivity contribution >= 4 is 22.9 Å². The molecule has 0 unspecified atom stereocenters. The molecule has 4 rings (SSSR count). The Balaban J connectivity index is 1.59. The number of nitrogens with zero attached hydrogens (tertiary/aromatic N) is 4. The molecule has 3 aromatic rings.